The number of carbonyl (C=O) groups is 2. The minimum absolute atomic E-state index is 0.148. The molecule has 2 atom stereocenters. The van der Waals surface area contributed by atoms with Crippen molar-refractivity contribution in [1.29, 1.82) is 0 Å². The summed E-state index contributed by atoms with van der Waals surface area (Å²) in [5.41, 5.74) is -0.664. The summed E-state index contributed by atoms with van der Waals surface area (Å²) in [4.78, 5) is 25.4. The Hall–Kier alpha value is -1.10. The molecule has 3 amide bonds. The van der Waals surface area contributed by atoms with E-state index in [4.69, 9.17) is 0 Å². The standard InChI is InChI=1S/C11H19N3O2/c1-7(2)14-5-4-11(8(3)6-14)9(15)12-10(16)13-11/h7-8H,4-6H2,1-3H3,(H2,12,13,15,16)/t8-,11?/m1/s1. The molecule has 2 N–H and O–H groups in total. The summed E-state index contributed by atoms with van der Waals surface area (Å²) in [7, 11) is 0. The van der Waals surface area contributed by atoms with Crippen molar-refractivity contribution in [3.63, 3.8) is 0 Å². The number of hydrogen-bond acceptors (Lipinski definition) is 3. The van der Waals surface area contributed by atoms with E-state index in [0.29, 0.717) is 12.5 Å². The molecule has 1 spiro atoms. The zero-order chi connectivity index (χ0) is 11.9. The van der Waals surface area contributed by atoms with Gasteiger partial charge in [0.25, 0.3) is 5.91 Å². The molecule has 0 aromatic rings. The number of likely N-dealkylation sites (tertiary alicyclic amines) is 1. The lowest BCUT2D eigenvalue weighted by Gasteiger charge is -2.43. The Bertz CT molecular complexity index is 329. The van der Waals surface area contributed by atoms with Crippen molar-refractivity contribution < 1.29 is 9.59 Å². The maximum absolute atomic E-state index is 11.8. The first-order chi connectivity index (χ1) is 7.45. The first-order valence-electron chi connectivity index (χ1n) is 5.83. The van der Waals surface area contributed by atoms with E-state index < -0.39 is 5.54 Å². The molecule has 2 aliphatic heterocycles. The van der Waals surface area contributed by atoms with Crippen molar-refractivity contribution in [3.8, 4) is 0 Å². The lowest BCUT2D eigenvalue weighted by atomic mass is 9.78. The molecule has 5 nitrogen and oxygen atoms in total. The van der Waals surface area contributed by atoms with E-state index in [2.05, 4.69) is 29.4 Å². The summed E-state index contributed by atoms with van der Waals surface area (Å²) in [6.45, 7) is 8.04. The number of carbonyl (C=O) groups excluding carboxylic acids is 2. The fraction of sp³-hybridized carbons (Fsp3) is 0.818. The van der Waals surface area contributed by atoms with Crippen LogP contribution < -0.4 is 10.6 Å². The van der Waals surface area contributed by atoms with Crippen molar-refractivity contribution in [2.45, 2.75) is 38.8 Å². The number of nitrogens with one attached hydrogen (secondary N) is 2. The number of piperidine rings is 1. The third kappa shape index (κ3) is 1.59. The van der Waals surface area contributed by atoms with Gasteiger partial charge in [0.15, 0.2) is 0 Å². The summed E-state index contributed by atoms with van der Waals surface area (Å²) in [5.74, 6) is -0.0106. The van der Waals surface area contributed by atoms with Crippen LogP contribution in [0.2, 0.25) is 0 Å². The van der Waals surface area contributed by atoms with Gasteiger partial charge in [0.1, 0.15) is 5.54 Å². The van der Waals surface area contributed by atoms with Crippen LogP contribution in [0.4, 0.5) is 4.79 Å². The Morgan fingerprint density at radius 2 is 2.12 bits per heavy atom. The summed E-state index contributed by atoms with van der Waals surface area (Å²) < 4.78 is 0. The molecule has 16 heavy (non-hydrogen) atoms. The van der Waals surface area contributed by atoms with Crippen LogP contribution in [0.25, 0.3) is 0 Å². The fourth-order valence-corrected chi connectivity index (χ4v) is 2.66. The van der Waals surface area contributed by atoms with Gasteiger partial charge in [0.2, 0.25) is 0 Å². The smallest absolute Gasteiger partial charge is 0.322 e. The third-order valence-electron chi connectivity index (χ3n) is 3.84. The van der Waals surface area contributed by atoms with E-state index >= 15 is 0 Å². The summed E-state index contributed by atoms with van der Waals surface area (Å²) >= 11 is 0. The Morgan fingerprint density at radius 1 is 1.44 bits per heavy atom. The van der Waals surface area contributed by atoms with E-state index in [1.54, 1.807) is 0 Å². The Morgan fingerprint density at radius 3 is 2.56 bits per heavy atom. The number of nitrogens with zero attached hydrogens (tertiary/aromatic N) is 1. The van der Waals surface area contributed by atoms with Crippen molar-refractivity contribution in [2.24, 2.45) is 5.92 Å². The van der Waals surface area contributed by atoms with Crippen molar-refractivity contribution in [2.75, 3.05) is 13.1 Å². The molecule has 0 aromatic carbocycles. The predicted octanol–water partition coefficient (Wildman–Crippen LogP) is 0.315. The van der Waals surface area contributed by atoms with E-state index in [0.717, 1.165) is 13.1 Å². The molecule has 1 unspecified atom stereocenters. The lowest BCUT2D eigenvalue weighted by molar-refractivity contribution is -0.128. The molecule has 5 heteroatoms. The highest BCUT2D eigenvalue weighted by molar-refractivity contribution is 6.07. The van der Waals surface area contributed by atoms with Crippen LogP contribution >= 0.6 is 0 Å². The molecule has 0 bridgehead atoms. The average molecular weight is 225 g/mol. The van der Waals surface area contributed by atoms with Gasteiger partial charge >= 0.3 is 6.03 Å². The van der Waals surface area contributed by atoms with Gasteiger partial charge in [0, 0.05) is 25.0 Å². The highest BCUT2D eigenvalue weighted by Gasteiger charge is 2.52. The lowest BCUT2D eigenvalue weighted by Crippen LogP contribution is -2.61. The van der Waals surface area contributed by atoms with Gasteiger partial charge in [-0.2, -0.15) is 0 Å². The van der Waals surface area contributed by atoms with Crippen LogP contribution in [-0.2, 0) is 4.79 Å². The number of rotatable bonds is 1. The first-order valence-corrected chi connectivity index (χ1v) is 5.83. The van der Waals surface area contributed by atoms with Crippen LogP contribution in [0.5, 0.6) is 0 Å². The van der Waals surface area contributed by atoms with Gasteiger partial charge in [-0.05, 0) is 20.3 Å². The third-order valence-corrected chi connectivity index (χ3v) is 3.84. The molecule has 0 aliphatic carbocycles. The molecule has 0 saturated carbocycles. The maximum atomic E-state index is 11.8. The average Bonchev–Trinajstić information content (AvgIpc) is 2.47. The number of imide groups is 1. The number of urea groups is 1. The van der Waals surface area contributed by atoms with Crippen LogP contribution in [0.3, 0.4) is 0 Å². The summed E-state index contributed by atoms with van der Waals surface area (Å²) in [5, 5.41) is 5.15. The minimum atomic E-state index is -0.664. The Balaban J connectivity index is 2.15. The molecule has 2 aliphatic rings. The molecule has 2 rings (SSSR count). The number of amides is 3. The highest BCUT2D eigenvalue weighted by Crippen LogP contribution is 2.31. The summed E-state index contributed by atoms with van der Waals surface area (Å²) in [6.07, 6.45) is 0.698. The van der Waals surface area contributed by atoms with E-state index in [1.807, 2.05) is 6.92 Å². The van der Waals surface area contributed by atoms with Crippen molar-refractivity contribution >= 4 is 11.9 Å². The van der Waals surface area contributed by atoms with Gasteiger partial charge in [-0.1, -0.05) is 6.92 Å². The number of hydrogen-bond donors (Lipinski definition) is 2. The molecule has 0 radical (unpaired) electrons. The van der Waals surface area contributed by atoms with E-state index in [1.165, 1.54) is 0 Å². The fourth-order valence-electron chi connectivity index (χ4n) is 2.66. The minimum Gasteiger partial charge on any atom is -0.323 e. The van der Waals surface area contributed by atoms with E-state index in [9.17, 15) is 9.59 Å². The van der Waals surface area contributed by atoms with Gasteiger partial charge in [-0.25, -0.2) is 4.79 Å². The quantitative estimate of drug-likeness (QED) is 0.632. The predicted molar refractivity (Wildman–Crippen MR) is 59.9 cm³/mol. The van der Waals surface area contributed by atoms with E-state index in [-0.39, 0.29) is 17.9 Å². The second kappa shape index (κ2) is 3.73. The van der Waals surface area contributed by atoms with Crippen LogP contribution in [-0.4, -0.2) is 41.5 Å². The monoisotopic (exact) mass is 225 g/mol. The maximum Gasteiger partial charge on any atom is 0.322 e. The van der Waals surface area contributed by atoms with Crippen molar-refractivity contribution in [3.05, 3.63) is 0 Å². The second-order valence-corrected chi connectivity index (χ2v) is 5.12. The molecular formula is C11H19N3O2. The SMILES string of the molecule is CC(C)N1CCC2(NC(=O)NC2=O)[C@H](C)C1. The largest absolute Gasteiger partial charge is 0.323 e. The first kappa shape index (κ1) is 11.4. The molecular weight excluding hydrogens is 206 g/mol. The van der Waals surface area contributed by atoms with Gasteiger partial charge in [0.05, 0.1) is 0 Å². The second-order valence-electron chi connectivity index (χ2n) is 5.12. The molecule has 90 valence electrons. The van der Waals surface area contributed by atoms with Gasteiger partial charge in [-0.15, -0.1) is 0 Å². The zero-order valence-electron chi connectivity index (χ0n) is 10.0. The van der Waals surface area contributed by atoms with Crippen molar-refractivity contribution in [1.82, 2.24) is 15.5 Å². The van der Waals surface area contributed by atoms with Crippen LogP contribution in [0, 0.1) is 5.92 Å². The van der Waals surface area contributed by atoms with Crippen LogP contribution in [0.1, 0.15) is 27.2 Å². The van der Waals surface area contributed by atoms with Gasteiger partial charge in [-0.3, -0.25) is 10.1 Å². The van der Waals surface area contributed by atoms with Crippen LogP contribution in [0.15, 0.2) is 0 Å². The van der Waals surface area contributed by atoms with Gasteiger partial charge < -0.3 is 10.2 Å². The summed E-state index contributed by atoms with van der Waals surface area (Å²) in [6, 6.07) is 0.134. The zero-order valence-corrected chi connectivity index (χ0v) is 10.0. The normalized spacial score (nSPS) is 35.6. The Kier molecular flexibility index (Phi) is 2.66. The Labute approximate surface area is 95.6 Å². The molecule has 0 aromatic heterocycles. The highest BCUT2D eigenvalue weighted by atomic mass is 16.2. The molecule has 2 heterocycles. The molecule has 2 saturated heterocycles. The molecule has 2 fully saturated rings. The topological polar surface area (TPSA) is 61.4 Å².